The maximum absolute atomic E-state index is 13.2. The third-order valence-corrected chi connectivity index (χ3v) is 8.07. The van der Waals surface area contributed by atoms with Crippen LogP contribution in [0.5, 0.6) is 0 Å². The summed E-state index contributed by atoms with van der Waals surface area (Å²) < 4.78 is 40.8. The molecule has 5 nitrogen and oxygen atoms in total. The second-order valence-corrected chi connectivity index (χ2v) is 10.2. The molecule has 1 aromatic carbocycles. The highest BCUT2D eigenvalue weighted by atomic mass is 35.5. The lowest BCUT2D eigenvalue weighted by Gasteiger charge is -2.32. The number of likely N-dealkylation sites (N-methyl/N-ethyl adjacent to an activating group) is 1. The number of benzene rings is 1. The van der Waals surface area contributed by atoms with Gasteiger partial charge in [-0.2, -0.15) is 13.2 Å². The molecule has 3 aromatic rings. The molecule has 0 amide bonds. The summed E-state index contributed by atoms with van der Waals surface area (Å²) in [5.41, 5.74) is 1.40. The first kappa shape index (κ1) is 27.9. The molecule has 0 saturated carbocycles. The van der Waals surface area contributed by atoms with E-state index in [0.717, 1.165) is 73.8 Å². The summed E-state index contributed by atoms with van der Waals surface area (Å²) in [6.07, 6.45) is -0.129. The quantitative estimate of drug-likeness (QED) is 0.450. The van der Waals surface area contributed by atoms with Crippen molar-refractivity contribution in [3.05, 3.63) is 62.5 Å². The number of nitrogens with zero attached hydrogens (tertiary/aromatic N) is 4. The highest BCUT2D eigenvalue weighted by Crippen LogP contribution is 2.34. The third kappa shape index (κ3) is 5.85. The normalized spacial score (nSPS) is 17.6. The molecule has 2 aliphatic rings. The Kier molecular flexibility index (Phi) is 8.91. The van der Waals surface area contributed by atoms with E-state index in [1.807, 2.05) is 0 Å². The van der Waals surface area contributed by atoms with Crippen LogP contribution in [0.15, 0.2) is 35.4 Å². The van der Waals surface area contributed by atoms with Crippen molar-refractivity contribution in [2.45, 2.75) is 44.4 Å². The number of rotatable bonds is 4. The van der Waals surface area contributed by atoms with Crippen molar-refractivity contribution in [3.8, 4) is 0 Å². The van der Waals surface area contributed by atoms with Crippen LogP contribution in [0.3, 0.4) is 0 Å². The summed E-state index contributed by atoms with van der Waals surface area (Å²) in [6.45, 7) is 4.75. The van der Waals surface area contributed by atoms with Crippen LogP contribution in [0, 0.1) is 0 Å². The van der Waals surface area contributed by atoms with Crippen LogP contribution in [-0.4, -0.2) is 52.6 Å². The number of aromatic nitrogens is 2. The second kappa shape index (κ2) is 11.2. The van der Waals surface area contributed by atoms with Gasteiger partial charge in [0.05, 0.1) is 17.3 Å². The van der Waals surface area contributed by atoms with Gasteiger partial charge in [-0.25, -0.2) is 4.98 Å². The molecule has 0 N–H and O–H groups in total. The molecule has 0 unspecified atom stereocenters. The van der Waals surface area contributed by atoms with Gasteiger partial charge in [-0.3, -0.25) is 9.36 Å². The van der Waals surface area contributed by atoms with Crippen LogP contribution < -0.4 is 5.56 Å². The number of hydrogen-bond acceptors (Lipinski definition) is 5. The first-order chi connectivity index (χ1) is 15.8. The number of alkyl halides is 3. The van der Waals surface area contributed by atoms with E-state index in [2.05, 4.69) is 21.8 Å². The Bertz CT molecular complexity index is 1220. The van der Waals surface area contributed by atoms with Crippen LogP contribution in [0.4, 0.5) is 13.2 Å². The lowest BCUT2D eigenvalue weighted by atomic mass is 9.88. The number of thiophene rings is 1. The fraction of sp³-hybridized carbons (Fsp3) is 0.500. The topological polar surface area (TPSA) is 41.4 Å². The molecule has 5 rings (SSSR count). The molecule has 2 aromatic heterocycles. The second-order valence-electron chi connectivity index (χ2n) is 9.15. The van der Waals surface area contributed by atoms with Gasteiger partial charge in [0, 0.05) is 31.1 Å². The molecule has 0 aliphatic carbocycles. The maximum atomic E-state index is 13.2. The molecule has 1 saturated heterocycles. The Morgan fingerprint density at radius 1 is 1.11 bits per heavy atom. The summed E-state index contributed by atoms with van der Waals surface area (Å²) in [6, 6.07) is 5.72. The average molecular weight is 549 g/mol. The third-order valence-electron chi connectivity index (χ3n) is 6.95. The van der Waals surface area contributed by atoms with Crippen molar-refractivity contribution in [1.29, 1.82) is 0 Å². The fourth-order valence-electron chi connectivity index (χ4n) is 5.01. The van der Waals surface area contributed by atoms with Crippen LogP contribution in [0.2, 0.25) is 0 Å². The van der Waals surface area contributed by atoms with Gasteiger partial charge in [-0.05, 0) is 62.5 Å². The van der Waals surface area contributed by atoms with E-state index < -0.39 is 11.7 Å². The monoisotopic (exact) mass is 548 g/mol. The minimum atomic E-state index is -4.31. The molecule has 0 atom stereocenters. The van der Waals surface area contributed by atoms with Crippen LogP contribution in [0.1, 0.15) is 40.3 Å². The predicted molar refractivity (Wildman–Crippen MR) is 138 cm³/mol. The van der Waals surface area contributed by atoms with Gasteiger partial charge in [0.25, 0.3) is 5.56 Å². The van der Waals surface area contributed by atoms with E-state index in [0.29, 0.717) is 6.54 Å². The minimum absolute atomic E-state index is 0. The number of fused-ring (bicyclic) bond motifs is 3. The van der Waals surface area contributed by atoms with Gasteiger partial charge in [-0.1, -0.05) is 18.2 Å². The zero-order valence-corrected chi connectivity index (χ0v) is 21.8. The van der Waals surface area contributed by atoms with Gasteiger partial charge in [0.2, 0.25) is 0 Å². The van der Waals surface area contributed by atoms with E-state index >= 15 is 0 Å². The molecular weight excluding hydrogens is 520 g/mol. The highest BCUT2D eigenvalue weighted by molar-refractivity contribution is 7.18. The van der Waals surface area contributed by atoms with Crippen LogP contribution >= 0.6 is 36.2 Å². The Balaban J connectivity index is 0.00000171. The van der Waals surface area contributed by atoms with Crippen molar-refractivity contribution < 1.29 is 13.2 Å². The SMILES string of the molecule is CN1CCc2c(sc3ncn(CCN4CCC(c5cccc(C(F)(F)F)c5)CC4)c(=O)c23)C1.Cl.Cl. The molecule has 1 fully saturated rings. The highest BCUT2D eigenvalue weighted by Gasteiger charge is 2.31. The molecule has 35 heavy (non-hydrogen) atoms. The molecule has 11 heteroatoms. The maximum Gasteiger partial charge on any atom is 0.416 e. The zero-order valence-electron chi connectivity index (χ0n) is 19.4. The Morgan fingerprint density at radius 2 is 1.86 bits per heavy atom. The average Bonchev–Trinajstić information content (AvgIpc) is 3.17. The number of halogens is 5. The number of likely N-dealkylation sites (tertiary alicyclic amines) is 1. The molecular formula is C24H29Cl2F3N4OS. The summed E-state index contributed by atoms with van der Waals surface area (Å²) in [4.78, 5) is 24.4. The lowest BCUT2D eigenvalue weighted by Crippen LogP contribution is -2.37. The Hall–Kier alpha value is -1.65. The summed E-state index contributed by atoms with van der Waals surface area (Å²) in [7, 11) is 2.09. The number of hydrogen-bond donors (Lipinski definition) is 0. The van der Waals surface area contributed by atoms with Gasteiger partial charge in [-0.15, -0.1) is 36.2 Å². The lowest BCUT2D eigenvalue weighted by molar-refractivity contribution is -0.137. The minimum Gasteiger partial charge on any atom is -0.302 e. The Labute approximate surface area is 218 Å². The molecule has 192 valence electrons. The summed E-state index contributed by atoms with van der Waals surface area (Å²) in [5, 5.41) is 0.786. The zero-order chi connectivity index (χ0) is 23.2. The van der Waals surface area contributed by atoms with Gasteiger partial charge >= 0.3 is 6.18 Å². The molecule has 4 heterocycles. The summed E-state index contributed by atoms with van der Waals surface area (Å²) in [5.74, 6) is 0.139. The van der Waals surface area contributed by atoms with E-state index in [-0.39, 0.29) is 36.3 Å². The van der Waals surface area contributed by atoms with Crippen molar-refractivity contribution in [3.63, 3.8) is 0 Å². The molecule has 0 bridgehead atoms. The van der Waals surface area contributed by atoms with Crippen molar-refractivity contribution in [2.24, 2.45) is 0 Å². The van der Waals surface area contributed by atoms with E-state index in [1.54, 1.807) is 28.3 Å². The predicted octanol–water partition coefficient (Wildman–Crippen LogP) is 5.19. The largest absolute Gasteiger partial charge is 0.416 e. The Morgan fingerprint density at radius 3 is 2.57 bits per heavy atom. The van der Waals surface area contributed by atoms with Crippen LogP contribution in [0.25, 0.3) is 10.2 Å². The fourth-order valence-corrected chi connectivity index (χ4v) is 6.27. The van der Waals surface area contributed by atoms with Crippen molar-refractivity contribution in [1.82, 2.24) is 19.4 Å². The van der Waals surface area contributed by atoms with Crippen molar-refractivity contribution in [2.75, 3.05) is 33.2 Å². The van der Waals surface area contributed by atoms with Gasteiger partial charge < -0.3 is 9.80 Å². The summed E-state index contributed by atoms with van der Waals surface area (Å²) >= 11 is 1.63. The molecule has 2 aliphatic heterocycles. The van der Waals surface area contributed by atoms with E-state index in [1.165, 1.54) is 22.6 Å². The van der Waals surface area contributed by atoms with E-state index in [9.17, 15) is 18.0 Å². The first-order valence-electron chi connectivity index (χ1n) is 11.4. The number of piperidine rings is 1. The van der Waals surface area contributed by atoms with E-state index in [4.69, 9.17) is 0 Å². The standard InChI is InChI=1S/C24H27F3N4OS.2ClH/c1-29-8-7-19-20(14-29)33-22-21(19)23(32)31(15-28-22)12-11-30-9-5-16(6-10-30)17-3-2-4-18(13-17)24(25,26)27;;/h2-4,13,15-16H,5-12,14H2,1H3;2*1H. The smallest absolute Gasteiger partial charge is 0.302 e. The van der Waals surface area contributed by atoms with Crippen LogP contribution in [-0.2, 0) is 25.7 Å². The van der Waals surface area contributed by atoms with Gasteiger partial charge in [0.15, 0.2) is 0 Å². The first-order valence-corrected chi connectivity index (χ1v) is 12.2. The van der Waals surface area contributed by atoms with Gasteiger partial charge in [0.1, 0.15) is 4.83 Å². The molecule has 0 radical (unpaired) electrons. The molecule has 0 spiro atoms. The van der Waals surface area contributed by atoms with Crippen molar-refractivity contribution >= 4 is 46.4 Å².